The average molecular weight is 196 g/mol. The molecule has 0 radical (unpaired) electrons. The molecule has 0 fully saturated rings. The van der Waals surface area contributed by atoms with Gasteiger partial charge in [0.1, 0.15) is 18.5 Å². The van der Waals surface area contributed by atoms with Gasteiger partial charge in [0, 0.05) is 0 Å². The van der Waals surface area contributed by atoms with E-state index in [1.54, 1.807) is 0 Å². The number of aliphatic hydroxyl groups excluding tert-OH is 2. The molecule has 14 heavy (non-hydrogen) atoms. The predicted octanol–water partition coefficient (Wildman–Crippen LogP) is 0.981. The molecule has 0 aliphatic carbocycles. The van der Waals surface area contributed by atoms with Gasteiger partial charge in [-0.3, -0.25) is 0 Å². The van der Waals surface area contributed by atoms with E-state index >= 15 is 0 Å². The van der Waals surface area contributed by atoms with E-state index in [0.29, 0.717) is 0 Å². The van der Waals surface area contributed by atoms with E-state index in [0.717, 1.165) is 17.7 Å². The molecule has 3 heteroatoms. The minimum atomic E-state index is -0.806. The van der Waals surface area contributed by atoms with Crippen molar-refractivity contribution in [3.8, 4) is 5.75 Å². The summed E-state index contributed by atoms with van der Waals surface area (Å²) in [6, 6.07) is 7.69. The fraction of sp³-hybridized carbons (Fsp3) is 0.455. The highest BCUT2D eigenvalue weighted by Gasteiger charge is 2.05. The summed E-state index contributed by atoms with van der Waals surface area (Å²) >= 11 is 0. The van der Waals surface area contributed by atoms with Crippen LogP contribution in [0.3, 0.4) is 0 Å². The van der Waals surface area contributed by atoms with Gasteiger partial charge >= 0.3 is 0 Å². The van der Waals surface area contributed by atoms with Crippen molar-refractivity contribution in [2.45, 2.75) is 19.4 Å². The molecule has 0 unspecified atom stereocenters. The second-order valence-electron chi connectivity index (χ2n) is 3.11. The Morgan fingerprint density at radius 3 is 2.71 bits per heavy atom. The summed E-state index contributed by atoms with van der Waals surface area (Å²) in [4.78, 5) is 0. The Morgan fingerprint density at radius 1 is 1.36 bits per heavy atom. The van der Waals surface area contributed by atoms with E-state index in [1.165, 1.54) is 0 Å². The van der Waals surface area contributed by atoms with Crippen LogP contribution in [0.4, 0.5) is 0 Å². The largest absolute Gasteiger partial charge is 0.491 e. The first-order valence-corrected chi connectivity index (χ1v) is 4.77. The molecule has 0 aliphatic rings. The Morgan fingerprint density at radius 2 is 2.07 bits per heavy atom. The summed E-state index contributed by atoms with van der Waals surface area (Å²) in [5, 5.41) is 17.7. The quantitative estimate of drug-likeness (QED) is 0.738. The molecule has 1 rings (SSSR count). The maximum Gasteiger partial charge on any atom is 0.122 e. The van der Waals surface area contributed by atoms with Crippen LogP contribution in [0, 0.1) is 0 Å². The fourth-order valence-corrected chi connectivity index (χ4v) is 1.18. The van der Waals surface area contributed by atoms with Crippen LogP contribution in [-0.2, 0) is 6.42 Å². The maximum atomic E-state index is 9.11. The molecule has 0 amide bonds. The zero-order valence-corrected chi connectivity index (χ0v) is 8.31. The molecule has 0 saturated carbocycles. The van der Waals surface area contributed by atoms with Gasteiger partial charge in [-0.2, -0.15) is 0 Å². The highest BCUT2D eigenvalue weighted by Crippen LogP contribution is 2.18. The summed E-state index contributed by atoms with van der Waals surface area (Å²) in [6.45, 7) is 1.91. The van der Waals surface area contributed by atoms with Crippen LogP contribution in [0.15, 0.2) is 24.3 Å². The second kappa shape index (κ2) is 5.62. The zero-order chi connectivity index (χ0) is 10.4. The number of ether oxygens (including phenoxy) is 1. The lowest BCUT2D eigenvalue weighted by Crippen LogP contribution is -2.21. The molecule has 2 N–H and O–H groups in total. The number of aryl methyl sites for hydroxylation is 1. The Balaban J connectivity index is 2.57. The number of rotatable bonds is 5. The van der Waals surface area contributed by atoms with E-state index in [2.05, 4.69) is 0 Å². The molecular formula is C11H16O3. The molecule has 1 aromatic carbocycles. The van der Waals surface area contributed by atoms with Crippen LogP contribution in [0.1, 0.15) is 12.5 Å². The molecule has 1 atom stereocenters. The van der Waals surface area contributed by atoms with Gasteiger partial charge in [-0.25, -0.2) is 0 Å². The van der Waals surface area contributed by atoms with Gasteiger partial charge in [-0.15, -0.1) is 0 Å². The predicted molar refractivity (Wildman–Crippen MR) is 54.4 cm³/mol. The van der Waals surface area contributed by atoms with Gasteiger partial charge in [-0.05, 0) is 18.1 Å². The molecule has 0 saturated heterocycles. The number of hydrogen-bond acceptors (Lipinski definition) is 3. The normalized spacial score (nSPS) is 12.5. The fourth-order valence-electron chi connectivity index (χ4n) is 1.18. The molecule has 78 valence electrons. The first-order valence-electron chi connectivity index (χ1n) is 4.77. The number of para-hydroxylation sites is 1. The molecule has 0 aromatic heterocycles. The topological polar surface area (TPSA) is 49.7 Å². The van der Waals surface area contributed by atoms with Gasteiger partial charge in [-0.1, -0.05) is 25.1 Å². The monoisotopic (exact) mass is 196 g/mol. The minimum Gasteiger partial charge on any atom is -0.491 e. The molecular weight excluding hydrogens is 180 g/mol. The molecule has 0 spiro atoms. The van der Waals surface area contributed by atoms with Crippen molar-refractivity contribution in [3.63, 3.8) is 0 Å². The Labute approximate surface area is 84.0 Å². The Hall–Kier alpha value is -1.06. The van der Waals surface area contributed by atoms with Gasteiger partial charge in [0.05, 0.1) is 6.61 Å². The summed E-state index contributed by atoms with van der Waals surface area (Å²) < 4.78 is 5.37. The van der Waals surface area contributed by atoms with E-state index in [9.17, 15) is 0 Å². The van der Waals surface area contributed by atoms with Crippen LogP contribution < -0.4 is 4.74 Å². The summed E-state index contributed by atoms with van der Waals surface area (Å²) in [5.41, 5.74) is 1.11. The first kappa shape index (κ1) is 11.0. The van der Waals surface area contributed by atoms with Crippen molar-refractivity contribution in [2.24, 2.45) is 0 Å². The molecule has 0 bridgehead atoms. The molecule has 3 nitrogen and oxygen atoms in total. The third kappa shape index (κ3) is 3.01. The van der Waals surface area contributed by atoms with Crippen LogP contribution in [0.25, 0.3) is 0 Å². The summed E-state index contributed by atoms with van der Waals surface area (Å²) in [6.07, 6.45) is 0.0886. The summed E-state index contributed by atoms with van der Waals surface area (Å²) in [5.74, 6) is 0.780. The standard InChI is InChI=1S/C11H16O3/c1-2-9-5-3-4-6-11(9)14-8-10(13)7-12/h3-6,10,12-13H,2,7-8H2,1H3/t10-/m0/s1. The first-order chi connectivity index (χ1) is 6.77. The number of benzene rings is 1. The minimum absolute atomic E-state index is 0.132. The molecule has 0 heterocycles. The molecule has 1 aromatic rings. The van der Waals surface area contributed by atoms with Crippen molar-refractivity contribution < 1.29 is 14.9 Å². The third-order valence-electron chi connectivity index (χ3n) is 2.00. The van der Waals surface area contributed by atoms with E-state index in [1.807, 2.05) is 31.2 Å². The smallest absolute Gasteiger partial charge is 0.122 e. The Bertz CT molecular complexity index is 273. The Kier molecular flexibility index (Phi) is 4.43. The van der Waals surface area contributed by atoms with Crippen LogP contribution in [0.2, 0.25) is 0 Å². The van der Waals surface area contributed by atoms with Crippen LogP contribution >= 0.6 is 0 Å². The number of hydrogen-bond donors (Lipinski definition) is 2. The average Bonchev–Trinajstić information content (AvgIpc) is 2.26. The van der Waals surface area contributed by atoms with Gasteiger partial charge in [0.25, 0.3) is 0 Å². The summed E-state index contributed by atoms with van der Waals surface area (Å²) in [7, 11) is 0. The lowest BCUT2D eigenvalue weighted by Gasteiger charge is -2.12. The van der Waals surface area contributed by atoms with Crippen molar-refractivity contribution >= 4 is 0 Å². The van der Waals surface area contributed by atoms with E-state index in [4.69, 9.17) is 14.9 Å². The van der Waals surface area contributed by atoms with Crippen molar-refractivity contribution in [3.05, 3.63) is 29.8 Å². The van der Waals surface area contributed by atoms with E-state index < -0.39 is 6.10 Å². The van der Waals surface area contributed by atoms with Gasteiger partial charge < -0.3 is 14.9 Å². The van der Waals surface area contributed by atoms with Crippen molar-refractivity contribution in [2.75, 3.05) is 13.2 Å². The van der Waals surface area contributed by atoms with E-state index in [-0.39, 0.29) is 13.2 Å². The zero-order valence-electron chi connectivity index (χ0n) is 8.31. The van der Waals surface area contributed by atoms with Crippen molar-refractivity contribution in [1.82, 2.24) is 0 Å². The highest BCUT2D eigenvalue weighted by atomic mass is 16.5. The van der Waals surface area contributed by atoms with Gasteiger partial charge in [0.2, 0.25) is 0 Å². The lowest BCUT2D eigenvalue weighted by molar-refractivity contribution is 0.0533. The molecule has 0 aliphatic heterocycles. The SMILES string of the molecule is CCc1ccccc1OC[C@@H](O)CO. The van der Waals surface area contributed by atoms with Crippen molar-refractivity contribution in [1.29, 1.82) is 0 Å². The van der Waals surface area contributed by atoms with Gasteiger partial charge in [0.15, 0.2) is 0 Å². The highest BCUT2D eigenvalue weighted by molar-refractivity contribution is 5.33. The lowest BCUT2D eigenvalue weighted by atomic mass is 10.1. The maximum absolute atomic E-state index is 9.11. The van der Waals surface area contributed by atoms with Crippen LogP contribution in [0.5, 0.6) is 5.75 Å². The van der Waals surface area contributed by atoms with Crippen LogP contribution in [-0.4, -0.2) is 29.5 Å². The number of aliphatic hydroxyl groups is 2. The second-order valence-corrected chi connectivity index (χ2v) is 3.11. The third-order valence-corrected chi connectivity index (χ3v) is 2.00.